The first-order valence-electron chi connectivity index (χ1n) is 7.21. The van der Waals surface area contributed by atoms with E-state index in [0.717, 1.165) is 31.3 Å². The van der Waals surface area contributed by atoms with E-state index < -0.39 is 0 Å². The zero-order valence-electron chi connectivity index (χ0n) is 12.5. The molecule has 0 bridgehead atoms. The Bertz CT molecular complexity index is 568. The fourth-order valence-electron chi connectivity index (χ4n) is 2.63. The summed E-state index contributed by atoms with van der Waals surface area (Å²) in [5.74, 6) is 0. The van der Waals surface area contributed by atoms with Crippen LogP contribution >= 0.6 is 11.3 Å². The topological polar surface area (TPSA) is 44.3 Å². The van der Waals surface area contributed by atoms with Gasteiger partial charge in [-0.15, -0.1) is 11.3 Å². The summed E-state index contributed by atoms with van der Waals surface area (Å²) in [6.07, 6.45) is 5.75. The van der Waals surface area contributed by atoms with E-state index in [1.54, 1.807) is 11.3 Å². The molecule has 6 heteroatoms. The molecule has 0 aromatic carbocycles. The Kier molecular flexibility index (Phi) is 4.48. The van der Waals surface area contributed by atoms with Gasteiger partial charge in [0.2, 0.25) is 0 Å². The molecule has 0 aliphatic carbocycles. The van der Waals surface area contributed by atoms with E-state index in [9.17, 15) is 0 Å². The molecule has 1 atom stereocenters. The van der Waals surface area contributed by atoms with Crippen molar-refractivity contribution in [1.29, 1.82) is 0 Å². The van der Waals surface area contributed by atoms with E-state index in [4.69, 9.17) is 0 Å². The van der Waals surface area contributed by atoms with Gasteiger partial charge in [0.05, 0.1) is 0 Å². The summed E-state index contributed by atoms with van der Waals surface area (Å²) in [7, 11) is 4.07. The van der Waals surface area contributed by atoms with Gasteiger partial charge in [0, 0.05) is 69.8 Å². The van der Waals surface area contributed by atoms with Crippen LogP contribution in [0.3, 0.4) is 0 Å². The first-order valence-corrected chi connectivity index (χ1v) is 8.02. The third-order valence-electron chi connectivity index (χ3n) is 3.73. The maximum Gasteiger partial charge on any atom is 0.185 e. The Hall–Kier alpha value is -1.50. The molecule has 1 fully saturated rings. The second kappa shape index (κ2) is 6.51. The number of hydrogen-bond acceptors (Lipinski definition) is 6. The Morgan fingerprint density at radius 2 is 2.19 bits per heavy atom. The summed E-state index contributed by atoms with van der Waals surface area (Å²) in [6, 6.07) is 4.64. The van der Waals surface area contributed by atoms with Crippen molar-refractivity contribution < 1.29 is 0 Å². The van der Waals surface area contributed by atoms with Crippen LogP contribution in [0.1, 0.15) is 16.5 Å². The molecule has 0 radical (unpaired) electrons. The van der Waals surface area contributed by atoms with E-state index in [1.165, 1.54) is 10.4 Å². The van der Waals surface area contributed by atoms with Crippen LogP contribution in [-0.2, 0) is 6.54 Å². The van der Waals surface area contributed by atoms with E-state index in [0.29, 0.717) is 6.04 Å². The summed E-state index contributed by atoms with van der Waals surface area (Å²) in [6.45, 7) is 4.05. The predicted molar refractivity (Wildman–Crippen MR) is 86.7 cm³/mol. The van der Waals surface area contributed by atoms with Gasteiger partial charge in [0.25, 0.3) is 0 Å². The third kappa shape index (κ3) is 3.40. The zero-order chi connectivity index (χ0) is 14.7. The minimum Gasteiger partial charge on any atom is -0.354 e. The molecule has 21 heavy (non-hydrogen) atoms. The van der Waals surface area contributed by atoms with Crippen LogP contribution in [0.5, 0.6) is 0 Å². The molecular weight excluding hydrogens is 282 g/mol. The second-order valence-electron chi connectivity index (χ2n) is 5.47. The van der Waals surface area contributed by atoms with E-state index in [2.05, 4.69) is 37.2 Å². The van der Waals surface area contributed by atoms with Gasteiger partial charge in [0.1, 0.15) is 0 Å². The van der Waals surface area contributed by atoms with Crippen LogP contribution in [-0.4, -0.2) is 48.6 Å². The number of hydrogen-bond donors (Lipinski definition) is 1. The van der Waals surface area contributed by atoms with E-state index in [1.807, 2.05) is 32.7 Å². The molecule has 2 aromatic rings. The highest BCUT2D eigenvalue weighted by Gasteiger charge is 2.24. The Morgan fingerprint density at radius 3 is 2.90 bits per heavy atom. The van der Waals surface area contributed by atoms with Crippen LogP contribution < -0.4 is 10.2 Å². The van der Waals surface area contributed by atoms with E-state index in [-0.39, 0.29) is 0 Å². The lowest BCUT2D eigenvalue weighted by molar-refractivity contribution is 0.155. The smallest absolute Gasteiger partial charge is 0.185 e. The summed E-state index contributed by atoms with van der Waals surface area (Å²) in [5, 5.41) is 4.56. The van der Waals surface area contributed by atoms with Crippen LogP contribution in [0.25, 0.3) is 0 Å². The molecule has 3 heterocycles. The fraction of sp³-hybridized carbons (Fsp3) is 0.467. The highest BCUT2D eigenvalue weighted by atomic mass is 32.1. The molecule has 1 aliphatic rings. The molecule has 0 saturated carbocycles. The Labute approximate surface area is 129 Å². The van der Waals surface area contributed by atoms with Crippen molar-refractivity contribution in [2.45, 2.75) is 12.6 Å². The van der Waals surface area contributed by atoms with Crippen molar-refractivity contribution in [3.8, 4) is 0 Å². The number of nitrogens with one attached hydrogen (secondary N) is 1. The number of rotatable bonds is 4. The molecule has 0 spiro atoms. The molecule has 0 amide bonds. The van der Waals surface area contributed by atoms with Gasteiger partial charge in [0.15, 0.2) is 5.13 Å². The Balaban J connectivity index is 1.75. The van der Waals surface area contributed by atoms with Crippen molar-refractivity contribution in [3.63, 3.8) is 0 Å². The SMILES string of the molecule is CN(C)c1ncc(CN2CCNCC2c2ccncc2)s1. The molecular formula is C15H21N5S. The van der Waals surface area contributed by atoms with Crippen molar-refractivity contribution in [1.82, 2.24) is 20.2 Å². The van der Waals surface area contributed by atoms with Gasteiger partial charge < -0.3 is 10.2 Å². The Morgan fingerprint density at radius 1 is 1.38 bits per heavy atom. The maximum absolute atomic E-state index is 4.47. The number of piperazine rings is 1. The standard InChI is InChI=1S/C15H21N5S/c1-19(2)15-18-9-13(21-15)11-20-8-7-17-10-14(20)12-3-5-16-6-4-12/h3-6,9,14,17H,7-8,10-11H2,1-2H3. The van der Waals surface area contributed by atoms with E-state index >= 15 is 0 Å². The summed E-state index contributed by atoms with van der Waals surface area (Å²) >= 11 is 1.77. The first-order chi connectivity index (χ1) is 10.2. The third-order valence-corrected chi connectivity index (χ3v) is 4.88. The first kappa shape index (κ1) is 14.4. The van der Waals surface area contributed by atoms with Crippen molar-refractivity contribution in [3.05, 3.63) is 41.2 Å². The second-order valence-corrected chi connectivity index (χ2v) is 6.57. The molecule has 2 aromatic heterocycles. The lowest BCUT2D eigenvalue weighted by atomic mass is 10.0. The molecule has 112 valence electrons. The molecule has 5 nitrogen and oxygen atoms in total. The van der Waals surface area contributed by atoms with Gasteiger partial charge >= 0.3 is 0 Å². The average Bonchev–Trinajstić information content (AvgIpc) is 2.98. The van der Waals surface area contributed by atoms with Gasteiger partial charge in [-0.2, -0.15) is 0 Å². The van der Waals surface area contributed by atoms with Crippen LogP contribution in [0.2, 0.25) is 0 Å². The predicted octanol–water partition coefficient (Wildman–Crippen LogP) is 1.75. The van der Waals surface area contributed by atoms with Gasteiger partial charge in [-0.3, -0.25) is 9.88 Å². The largest absolute Gasteiger partial charge is 0.354 e. The van der Waals surface area contributed by atoms with Crippen molar-refractivity contribution >= 4 is 16.5 Å². The van der Waals surface area contributed by atoms with Gasteiger partial charge in [-0.1, -0.05) is 0 Å². The maximum atomic E-state index is 4.47. The highest BCUT2D eigenvalue weighted by Crippen LogP contribution is 2.27. The number of aromatic nitrogens is 2. The zero-order valence-corrected chi connectivity index (χ0v) is 13.3. The molecule has 3 rings (SSSR count). The quantitative estimate of drug-likeness (QED) is 0.932. The highest BCUT2D eigenvalue weighted by molar-refractivity contribution is 7.15. The lowest BCUT2D eigenvalue weighted by Gasteiger charge is -2.36. The molecule has 1 aliphatic heterocycles. The molecule has 1 unspecified atom stereocenters. The van der Waals surface area contributed by atoms with Gasteiger partial charge in [-0.05, 0) is 17.7 Å². The van der Waals surface area contributed by atoms with Crippen molar-refractivity contribution in [2.75, 3.05) is 38.6 Å². The number of nitrogens with zero attached hydrogens (tertiary/aromatic N) is 4. The van der Waals surface area contributed by atoms with Crippen LogP contribution in [0, 0.1) is 0 Å². The summed E-state index contributed by atoms with van der Waals surface area (Å²) in [5.41, 5.74) is 1.33. The fourth-order valence-corrected chi connectivity index (χ4v) is 3.49. The number of thiazole rings is 1. The minimum atomic E-state index is 0.409. The number of anilines is 1. The van der Waals surface area contributed by atoms with Crippen LogP contribution in [0.4, 0.5) is 5.13 Å². The summed E-state index contributed by atoms with van der Waals surface area (Å²) in [4.78, 5) is 14.5. The molecule has 1 N–H and O–H groups in total. The van der Waals surface area contributed by atoms with Crippen LogP contribution in [0.15, 0.2) is 30.7 Å². The monoisotopic (exact) mass is 303 g/mol. The normalized spacial score (nSPS) is 19.6. The summed E-state index contributed by atoms with van der Waals surface area (Å²) < 4.78 is 0. The van der Waals surface area contributed by atoms with Crippen molar-refractivity contribution in [2.24, 2.45) is 0 Å². The average molecular weight is 303 g/mol. The number of pyridine rings is 1. The minimum absolute atomic E-state index is 0.409. The molecule has 1 saturated heterocycles. The van der Waals surface area contributed by atoms with Gasteiger partial charge in [-0.25, -0.2) is 4.98 Å². The lowest BCUT2D eigenvalue weighted by Crippen LogP contribution is -2.45.